The van der Waals surface area contributed by atoms with Gasteiger partial charge in [0.15, 0.2) is 0 Å². The van der Waals surface area contributed by atoms with Crippen LogP contribution in [-0.2, 0) is 9.74 Å². The first-order valence-electron chi connectivity index (χ1n) is 2.96. The monoisotopic (exact) mass is 312 g/mol. The Bertz CT molecular complexity index is 131. The van der Waals surface area contributed by atoms with Crippen LogP contribution in [0.3, 0.4) is 0 Å². The van der Waals surface area contributed by atoms with E-state index in [1.54, 1.807) is 0 Å². The second-order valence-electron chi connectivity index (χ2n) is 1.41. The van der Waals surface area contributed by atoms with Gasteiger partial charge in [0.1, 0.15) is 13.3 Å². The number of hydrogen-bond donors (Lipinski definition) is 0. The van der Waals surface area contributed by atoms with E-state index in [0.29, 0.717) is 0 Å². The van der Waals surface area contributed by atoms with Gasteiger partial charge in [0.05, 0.1) is 0 Å². The van der Waals surface area contributed by atoms with E-state index in [-0.39, 0.29) is 0 Å². The number of hydrogen-bond acceptors (Lipinski definition) is 2. The molecule has 0 aromatic carbocycles. The van der Waals surface area contributed by atoms with Gasteiger partial charge in [0.2, 0.25) is 6.29 Å². The molecule has 0 fully saturated rings. The van der Waals surface area contributed by atoms with Gasteiger partial charge in [0, 0.05) is 0 Å². The SMILES string of the molecule is FCCOF.O=CC(F)(F)F.[Cl][Al]([Cl])[Cl]. The van der Waals surface area contributed by atoms with Gasteiger partial charge in [-0.3, -0.25) is 4.79 Å². The number of carbonyl (C=O) groups excluding carboxylic acids is 1. The van der Waals surface area contributed by atoms with Crippen LogP contribution in [-0.4, -0.2) is 37.1 Å². The fourth-order valence-corrected chi connectivity index (χ4v) is 0.0292. The van der Waals surface area contributed by atoms with Gasteiger partial charge in [-0.1, -0.05) is 0 Å². The summed E-state index contributed by atoms with van der Waals surface area (Å²) < 4.78 is 52.1. The highest BCUT2D eigenvalue weighted by Crippen LogP contribution is 2.08. The predicted molar refractivity (Wildman–Crippen MR) is 48.5 cm³/mol. The molecular weight excluding hydrogens is 308 g/mol. The average molecular weight is 313 g/mol. The summed E-state index contributed by atoms with van der Waals surface area (Å²) in [6.45, 7) is -1.20. The largest absolute Gasteiger partial charge is 0.643 e. The molecule has 0 saturated heterocycles. The summed E-state index contributed by atoms with van der Waals surface area (Å²) in [6, 6.07) is 0. The van der Waals surface area contributed by atoms with Gasteiger partial charge in [-0.25, -0.2) is 34.5 Å². The lowest BCUT2D eigenvalue weighted by molar-refractivity contribution is -0.156. The molecule has 0 aliphatic carbocycles. The molecule has 0 aromatic heterocycles. The van der Waals surface area contributed by atoms with E-state index in [2.05, 4.69) is 4.94 Å². The van der Waals surface area contributed by atoms with Crippen LogP contribution in [0.1, 0.15) is 0 Å². The molecule has 0 N–H and O–H groups in total. The Labute approximate surface area is 99.1 Å². The van der Waals surface area contributed by atoms with Gasteiger partial charge in [-0.05, 0) is 4.53 Å². The Morgan fingerprint density at radius 1 is 1.27 bits per heavy atom. The summed E-state index contributed by atoms with van der Waals surface area (Å²) in [4.78, 5) is 11.5. The van der Waals surface area contributed by atoms with Crippen molar-refractivity contribution in [2.45, 2.75) is 6.18 Å². The molecule has 0 atom stereocenters. The first-order valence-corrected chi connectivity index (χ1v) is 8.19. The maximum Gasteiger partial charge on any atom is 0.643 e. The van der Waals surface area contributed by atoms with Crippen LogP contribution in [0.2, 0.25) is 0 Å². The van der Waals surface area contributed by atoms with E-state index >= 15 is 0 Å². The van der Waals surface area contributed by atoms with Crippen molar-refractivity contribution in [3.05, 3.63) is 0 Å². The van der Waals surface area contributed by atoms with Crippen molar-refractivity contribution in [2.75, 3.05) is 13.3 Å². The van der Waals surface area contributed by atoms with Crippen molar-refractivity contribution in [1.82, 2.24) is 0 Å². The lowest BCUT2D eigenvalue weighted by atomic mass is 10.8. The van der Waals surface area contributed by atoms with Gasteiger partial charge < -0.3 is 0 Å². The molecule has 0 saturated carbocycles. The second-order valence-corrected chi connectivity index (χ2v) is 7.84. The van der Waals surface area contributed by atoms with E-state index in [9.17, 15) is 22.1 Å². The Hall–Kier alpha value is 0.682. The van der Waals surface area contributed by atoms with Crippen molar-refractivity contribution in [3.63, 3.8) is 0 Å². The van der Waals surface area contributed by atoms with E-state index in [4.69, 9.17) is 34.9 Å². The fourth-order valence-electron chi connectivity index (χ4n) is 0.0292. The first kappa shape index (κ1) is 21.0. The second kappa shape index (κ2) is 14.7. The summed E-state index contributed by atoms with van der Waals surface area (Å²) in [6.07, 6.45) is -5.70. The molecule has 0 heterocycles. The normalized spacial score (nSPS) is 9.07. The molecule has 0 aromatic rings. The van der Waals surface area contributed by atoms with Crippen LogP contribution in [0.15, 0.2) is 0 Å². The minimum Gasteiger partial charge on any atom is -0.293 e. The minimum absolute atomic E-state index is 0.444. The molecule has 0 rings (SSSR count). The van der Waals surface area contributed by atoms with Crippen LogP contribution in [0.5, 0.6) is 0 Å². The fraction of sp³-hybridized carbons (Fsp3) is 0.750. The summed E-state index contributed by atoms with van der Waals surface area (Å²) in [7, 11) is 14.8. The summed E-state index contributed by atoms with van der Waals surface area (Å²) in [5.41, 5.74) is 0. The first-order chi connectivity index (χ1) is 6.71. The Morgan fingerprint density at radius 3 is 1.53 bits per heavy atom. The smallest absolute Gasteiger partial charge is 0.293 e. The standard InChI is InChI=1S/C2HF3O.C2H4F2O.Al.3ClH/c3-2(4,5)1-6;3-1-2-5-4;;;;/h1H;1-2H2;;3*1H/q;;+3;;;/p-3. The van der Waals surface area contributed by atoms with Crippen molar-refractivity contribution < 1.29 is 31.8 Å². The maximum absolute atomic E-state index is 10.6. The van der Waals surface area contributed by atoms with Crippen molar-refractivity contribution >= 4 is 47.8 Å². The summed E-state index contributed by atoms with van der Waals surface area (Å²) in [5, 5.41) is 0. The van der Waals surface area contributed by atoms with Crippen LogP contribution < -0.4 is 0 Å². The zero-order valence-electron chi connectivity index (χ0n) is 6.91. The highest BCUT2D eigenvalue weighted by Gasteiger charge is 2.24. The van der Waals surface area contributed by atoms with Crippen LogP contribution >= 0.6 is 30.1 Å². The van der Waals surface area contributed by atoms with Gasteiger partial charge in [-0.2, -0.15) is 18.1 Å². The highest BCUT2D eigenvalue weighted by molar-refractivity contribution is 7.54. The summed E-state index contributed by atoms with van der Waals surface area (Å²) >= 11 is -1.72. The molecule has 0 aliphatic heterocycles. The molecule has 0 unspecified atom stereocenters. The molecule has 2 nitrogen and oxygen atoms in total. The van der Waals surface area contributed by atoms with E-state index < -0.39 is 37.1 Å². The lowest BCUT2D eigenvalue weighted by Crippen LogP contribution is -2.07. The molecule has 0 bridgehead atoms. The Morgan fingerprint density at radius 2 is 1.53 bits per heavy atom. The zero-order valence-corrected chi connectivity index (χ0v) is 10.3. The third-order valence-electron chi connectivity index (χ3n) is 0.288. The molecule has 11 heteroatoms. The van der Waals surface area contributed by atoms with Crippen LogP contribution in [0, 0.1) is 0 Å². The Kier molecular flexibility index (Phi) is 20.6. The number of aldehydes is 1. The number of alkyl halides is 4. The van der Waals surface area contributed by atoms with E-state index in [1.165, 1.54) is 0 Å². The molecule has 0 aliphatic rings. The molecule has 15 heavy (non-hydrogen) atoms. The number of carbonyl (C=O) groups is 1. The minimum atomic E-state index is -4.64. The van der Waals surface area contributed by atoms with Crippen molar-refractivity contribution in [2.24, 2.45) is 0 Å². The van der Waals surface area contributed by atoms with E-state index in [1.807, 2.05) is 0 Å². The molecular formula is C4H5AlCl3F5O2. The summed E-state index contributed by atoms with van der Waals surface area (Å²) in [5.74, 6) is 0. The third-order valence-corrected chi connectivity index (χ3v) is 0.288. The number of rotatable bonds is 2. The zero-order chi connectivity index (χ0) is 12.9. The lowest BCUT2D eigenvalue weighted by Gasteiger charge is -1.87. The van der Waals surface area contributed by atoms with Gasteiger partial charge >= 0.3 is 17.6 Å². The average Bonchev–Trinajstić information content (AvgIpc) is 2.04. The Balaban J connectivity index is -0.000000147. The number of halogens is 8. The van der Waals surface area contributed by atoms with Gasteiger partial charge in [-0.15, -0.1) is 0 Å². The van der Waals surface area contributed by atoms with Crippen LogP contribution in [0.4, 0.5) is 22.1 Å². The molecule has 92 valence electrons. The van der Waals surface area contributed by atoms with Crippen molar-refractivity contribution in [3.8, 4) is 0 Å². The van der Waals surface area contributed by atoms with Crippen LogP contribution in [0.25, 0.3) is 0 Å². The van der Waals surface area contributed by atoms with E-state index in [0.717, 1.165) is 0 Å². The van der Waals surface area contributed by atoms with Gasteiger partial charge in [0.25, 0.3) is 0 Å². The quantitative estimate of drug-likeness (QED) is 0.444. The highest BCUT2D eigenvalue weighted by atomic mass is 35.8. The molecule has 0 amide bonds. The third kappa shape index (κ3) is 73.1. The predicted octanol–water partition coefficient (Wildman–Crippen LogP) is 3.29. The topological polar surface area (TPSA) is 26.3 Å². The maximum atomic E-state index is 10.6. The molecule has 0 spiro atoms. The van der Waals surface area contributed by atoms with Crippen molar-refractivity contribution in [1.29, 1.82) is 0 Å². The molecule has 0 radical (unpaired) electrons.